The van der Waals surface area contributed by atoms with E-state index in [1.54, 1.807) is 0 Å². The molecule has 0 aliphatic rings. The quantitative estimate of drug-likeness (QED) is 0.567. The van der Waals surface area contributed by atoms with E-state index in [-0.39, 0.29) is 5.56 Å². The standard InChI is InChI=1S/C11H11FO3/c1-14-6-5-8-3-4-9(7-10(8)12)11(13)15-2/h3-7H,1-2H3/b6-5+. The molecule has 15 heavy (non-hydrogen) atoms. The van der Waals surface area contributed by atoms with Crippen LogP contribution in [0.25, 0.3) is 6.08 Å². The molecule has 0 aliphatic carbocycles. The number of methoxy groups -OCH3 is 2. The number of carbonyl (C=O) groups excluding carboxylic acids is 1. The van der Waals surface area contributed by atoms with Gasteiger partial charge in [-0.1, -0.05) is 6.07 Å². The zero-order valence-corrected chi connectivity index (χ0v) is 8.49. The van der Waals surface area contributed by atoms with Crippen LogP contribution in [0.15, 0.2) is 24.5 Å². The van der Waals surface area contributed by atoms with Crippen LogP contribution in [-0.2, 0) is 9.47 Å². The normalized spacial score (nSPS) is 10.3. The molecule has 1 rings (SSSR count). The van der Waals surface area contributed by atoms with Gasteiger partial charge in [0.1, 0.15) is 5.82 Å². The van der Waals surface area contributed by atoms with Gasteiger partial charge in [-0.25, -0.2) is 9.18 Å². The number of benzene rings is 1. The first-order chi connectivity index (χ1) is 7.19. The van der Waals surface area contributed by atoms with Crippen molar-refractivity contribution in [3.63, 3.8) is 0 Å². The van der Waals surface area contributed by atoms with Crippen molar-refractivity contribution in [2.45, 2.75) is 0 Å². The van der Waals surface area contributed by atoms with Crippen LogP contribution >= 0.6 is 0 Å². The van der Waals surface area contributed by atoms with E-state index in [4.69, 9.17) is 0 Å². The highest BCUT2D eigenvalue weighted by atomic mass is 19.1. The third kappa shape index (κ3) is 2.80. The highest BCUT2D eigenvalue weighted by Crippen LogP contribution is 2.12. The summed E-state index contributed by atoms with van der Waals surface area (Å²) >= 11 is 0. The molecule has 0 unspecified atom stereocenters. The first-order valence-electron chi connectivity index (χ1n) is 4.26. The Hall–Kier alpha value is -1.84. The Morgan fingerprint density at radius 3 is 2.67 bits per heavy atom. The summed E-state index contributed by atoms with van der Waals surface area (Å²) in [6, 6.07) is 4.10. The minimum absolute atomic E-state index is 0.185. The van der Waals surface area contributed by atoms with Crippen LogP contribution in [0.4, 0.5) is 4.39 Å². The summed E-state index contributed by atoms with van der Waals surface area (Å²) in [5.74, 6) is -1.05. The van der Waals surface area contributed by atoms with E-state index < -0.39 is 11.8 Å². The molecule has 0 saturated carbocycles. The lowest BCUT2D eigenvalue weighted by molar-refractivity contribution is 0.0600. The highest BCUT2D eigenvalue weighted by molar-refractivity contribution is 5.89. The van der Waals surface area contributed by atoms with Crippen LogP contribution in [0.1, 0.15) is 15.9 Å². The smallest absolute Gasteiger partial charge is 0.337 e. The van der Waals surface area contributed by atoms with Gasteiger partial charge in [0.25, 0.3) is 0 Å². The van der Waals surface area contributed by atoms with Gasteiger partial charge in [-0.3, -0.25) is 0 Å². The minimum Gasteiger partial charge on any atom is -0.504 e. The molecule has 0 atom stereocenters. The number of hydrogen-bond acceptors (Lipinski definition) is 3. The Balaban J connectivity index is 2.98. The zero-order valence-electron chi connectivity index (χ0n) is 8.49. The molecule has 0 heterocycles. The average molecular weight is 210 g/mol. The van der Waals surface area contributed by atoms with Gasteiger partial charge in [0.05, 0.1) is 26.0 Å². The van der Waals surface area contributed by atoms with Crippen LogP contribution < -0.4 is 0 Å². The molecule has 0 aromatic heterocycles. The van der Waals surface area contributed by atoms with Gasteiger partial charge >= 0.3 is 5.97 Å². The summed E-state index contributed by atoms with van der Waals surface area (Å²) in [5, 5.41) is 0. The Bertz CT molecular complexity index is 385. The molecule has 0 spiro atoms. The molecule has 1 aromatic rings. The SMILES string of the molecule is CO/C=C/c1ccc(C(=O)OC)cc1F. The number of carbonyl (C=O) groups is 1. The minimum atomic E-state index is -0.559. The van der Waals surface area contributed by atoms with Gasteiger partial charge in [-0.15, -0.1) is 0 Å². The van der Waals surface area contributed by atoms with Gasteiger partial charge in [0.15, 0.2) is 0 Å². The second-order valence-corrected chi connectivity index (χ2v) is 2.77. The highest BCUT2D eigenvalue weighted by Gasteiger charge is 2.07. The summed E-state index contributed by atoms with van der Waals surface area (Å²) in [6.07, 6.45) is 2.83. The predicted molar refractivity (Wildman–Crippen MR) is 53.8 cm³/mol. The third-order valence-electron chi connectivity index (χ3n) is 1.81. The lowest BCUT2D eigenvalue weighted by Crippen LogP contribution is -2.01. The summed E-state index contributed by atoms with van der Waals surface area (Å²) in [5.41, 5.74) is 0.536. The van der Waals surface area contributed by atoms with Crippen LogP contribution in [-0.4, -0.2) is 20.2 Å². The van der Waals surface area contributed by atoms with Crippen molar-refractivity contribution >= 4 is 12.0 Å². The third-order valence-corrected chi connectivity index (χ3v) is 1.81. The van der Waals surface area contributed by atoms with E-state index in [1.807, 2.05) is 0 Å². The molecule has 0 saturated heterocycles. The fourth-order valence-corrected chi connectivity index (χ4v) is 1.05. The van der Waals surface area contributed by atoms with E-state index in [9.17, 15) is 9.18 Å². The van der Waals surface area contributed by atoms with Gasteiger partial charge in [-0.2, -0.15) is 0 Å². The van der Waals surface area contributed by atoms with Gasteiger partial charge < -0.3 is 9.47 Å². The average Bonchev–Trinajstić information content (AvgIpc) is 2.26. The van der Waals surface area contributed by atoms with E-state index in [0.717, 1.165) is 6.07 Å². The Kier molecular flexibility index (Phi) is 3.85. The molecule has 0 aliphatic heterocycles. The number of halogens is 1. The summed E-state index contributed by atoms with van der Waals surface area (Å²) in [4.78, 5) is 11.1. The van der Waals surface area contributed by atoms with Crippen molar-refractivity contribution in [3.8, 4) is 0 Å². The number of rotatable bonds is 3. The molecular formula is C11H11FO3. The molecule has 3 nitrogen and oxygen atoms in total. The predicted octanol–water partition coefficient (Wildman–Crippen LogP) is 2.23. The molecule has 0 N–H and O–H groups in total. The van der Waals surface area contributed by atoms with Crippen LogP contribution in [0.3, 0.4) is 0 Å². The second-order valence-electron chi connectivity index (χ2n) is 2.77. The van der Waals surface area contributed by atoms with E-state index in [1.165, 1.54) is 38.7 Å². The van der Waals surface area contributed by atoms with E-state index >= 15 is 0 Å². The van der Waals surface area contributed by atoms with Gasteiger partial charge in [0.2, 0.25) is 0 Å². The Morgan fingerprint density at radius 2 is 2.13 bits per heavy atom. The van der Waals surface area contributed by atoms with Gasteiger partial charge in [-0.05, 0) is 18.2 Å². The molecule has 4 heteroatoms. The summed E-state index contributed by atoms with van der Waals surface area (Å²) < 4.78 is 22.5. The second kappa shape index (κ2) is 5.14. The number of esters is 1. The van der Waals surface area contributed by atoms with Crippen LogP contribution in [0.2, 0.25) is 0 Å². The topological polar surface area (TPSA) is 35.5 Å². The van der Waals surface area contributed by atoms with Crippen molar-refractivity contribution < 1.29 is 18.7 Å². The van der Waals surface area contributed by atoms with Crippen molar-refractivity contribution in [2.24, 2.45) is 0 Å². The molecule has 80 valence electrons. The summed E-state index contributed by atoms with van der Waals surface area (Å²) in [7, 11) is 2.72. The molecule has 0 bridgehead atoms. The van der Waals surface area contributed by atoms with Crippen LogP contribution in [0.5, 0.6) is 0 Å². The Morgan fingerprint density at radius 1 is 1.40 bits per heavy atom. The lowest BCUT2D eigenvalue weighted by atomic mass is 10.1. The molecule has 0 amide bonds. The van der Waals surface area contributed by atoms with Gasteiger partial charge in [0, 0.05) is 5.56 Å². The monoisotopic (exact) mass is 210 g/mol. The molecule has 0 radical (unpaired) electrons. The van der Waals surface area contributed by atoms with Crippen molar-refractivity contribution in [1.29, 1.82) is 0 Å². The van der Waals surface area contributed by atoms with E-state index in [0.29, 0.717) is 5.56 Å². The summed E-state index contributed by atoms with van der Waals surface area (Å²) in [6.45, 7) is 0. The molecular weight excluding hydrogens is 199 g/mol. The maximum Gasteiger partial charge on any atom is 0.337 e. The van der Waals surface area contributed by atoms with Crippen molar-refractivity contribution in [2.75, 3.05) is 14.2 Å². The van der Waals surface area contributed by atoms with Crippen molar-refractivity contribution in [1.82, 2.24) is 0 Å². The zero-order chi connectivity index (χ0) is 11.3. The van der Waals surface area contributed by atoms with Crippen molar-refractivity contribution in [3.05, 3.63) is 41.4 Å². The first-order valence-corrected chi connectivity index (χ1v) is 4.26. The maximum absolute atomic E-state index is 13.4. The maximum atomic E-state index is 13.4. The largest absolute Gasteiger partial charge is 0.504 e. The van der Waals surface area contributed by atoms with E-state index in [2.05, 4.69) is 9.47 Å². The number of hydrogen-bond donors (Lipinski definition) is 0. The molecule has 1 aromatic carbocycles. The molecule has 0 fully saturated rings. The van der Waals surface area contributed by atoms with Crippen LogP contribution in [0, 0.1) is 5.82 Å². The lowest BCUT2D eigenvalue weighted by Gasteiger charge is -2.01. The first kappa shape index (κ1) is 11.2. The Labute approximate surface area is 87.1 Å². The number of ether oxygens (including phenoxy) is 2. The fourth-order valence-electron chi connectivity index (χ4n) is 1.05. The fraction of sp³-hybridized carbons (Fsp3) is 0.182.